The summed E-state index contributed by atoms with van der Waals surface area (Å²) in [5, 5.41) is 20.6. The Labute approximate surface area is 140 Å². The number of hydrogen-bond donors (Lipinski definition) is 2. The lowest BCUT2D eigenvalue weighted by Gasteiger charge is -2.04. The minimum atomic E-state index is -0.315. The van der Waals surface area contributed by atoms with Crippen molar-refractivity contribution in [3.05, 3.63) is 52.0 Å². The predicted molar refractivity (Wildman–Crippen MR) is 91.6 cm³/mol. The first-order valence-electron chi connectivity index (χ1n) is 6.68. The maximum absolute atomic E-state index is 12.0. The number of ether oxygens (including phenoxy) is 1. The van der Waals surface area contributed by atoms with Crippen molar-refractivity contribution >= 4 is 39.5 Å². The molecule has 1 aliphatic rings. The number of hydrogen-bond acceptors (Lipinski definition) is 5. The highest BCUT2D eigenvalue weighted by Crippen LogP contribution is 2.29. The van der Waals surface area contributed by atoms with Gasteiger partial charge < -0.3 is 15.2 Å². The molecule has 2 aromatic carbocycles. The molecule has 2 aromatic rings. The number of carbonyl (C=O) groups excluding carboxylic acids is 1. The van der Waals surface area contributed by atoms with E-state index in [1.165, 1.54) is 13.3 Å². The summed E-state index contributed by atoms with van der Waals surface area (Å²) in [7, 11) is 1.47. The SMILES string of the molecule is COc1cccc(C=N/N=C2\C(=O)Nc3ccc(Br)cc32)c1O. The Kier molecular flexibility index (Phi) is 4.12. The summed E-state index contributed by atoms with van der Waals surface area (Å²) >= 11 is 3.36. The summed E-state index contributed by atoms with van der Waals surface area (Å²) in [5.74, 6) is -0.00225. The van der Waals surface area contributed by atoms with Crippen molar-refractivity contribution in [2.75, 3.05) is 12.4 Å². The summed E-state index contributed by atoms with van der Waals surface area (Å²) in [6.45, 7) is 0. The van der Waals surface area contributed by atoms with Crippen LogP contribution in [0.3, 0.4) is 0 Å². The van der Waals surface area contributed by atoms with E-state index in [1.54, 1.807) is 30.3 Å². The number of halogens is 1. The van der Waals surface area contributed by atoms with Crippen LogP contribution in [0.15, 0.2) is 51.1 Å². The number of para-hydroxylation sites is 1. The molecule has 7 heteroatoms. The van der Waals surface area contributed by atoms with E-state index in [4.69, 9.17) is 4.74 Å². The van der Waals surface area contributed by atoms with Crippen LogP contribution in [0.2, 0.25) is 0 Å². The summed E-state index contributed by atoms with van der Waals surface area (Å²) < 4.78 is 5.87. The molecule has 0 saturated carbocycles. The standard InChI is InChI=1S/C16H12BrN3O3/c1-23-13-4-2-3-9(15(13)21)8-18-20-14-11-7-10(17)5-6-12(11)19-16(14)22/h2-8,21H,1H3,(H,19,20,22). The van der Waals surface area contributed by atoms with Crippen molar-refractivity contribution in [1.29, 1.82) is 0 Å². The van der Waals surface area contributed by atoms with Gasteiger partial charge in [0.25, 0.3) is 5.91 Å². The Hall–Kier alpha value is -2.67. The summed E-state index contributed by atoms with van der Waals surface area (Å²) in [6, 6.07) is 10.4. The van der Waals surface area contributed by atoms with Gasteiger partial charge in [-0.3, -0.25) is 4.79 Å². The van der Waals surface area contributed by atoms with Crippen molar-refractivity contribution in [2.24, 2.45) is 10.2 Å². The third kappa shape index (κ3) is 2.95. The van der Waals surface area contributed by atoms with Crippen LogP contribution in [-0.4, -0.2) is 30.0 Å². The molecule has 0 saturated heterocycles. The number of methoxy groups -OCH3 is 1. The highest BCUT2D eigenvalue weighted by atomic mass is 79.9. The molecule has 0 bridgehead atoms. The van der Waals surface area contributed by atoms with E-state index in [0.717, 1.165) is 4.47 Å². The lowest BCUT2D eigenvalue weighted by Crippen LogP contribution is -2.13. The minimum absolute atomic E-state index is 0.0297. The van der Waals surface area contributed by atoms with Gasteiger partial charge in [-0.1, -0.05) is 22.0 Å². The molecule has 1 amide bonds. The van der Waals surface area contributed by atoms with Crippen LogP contribution in [0.5, 0.6) is 11.5 Å². The summed E-state index contributed by atoms with van der Waals surface area (Å²) in [4.78, 5) is 12.0. The number of nitrogens with zero attached hydrogens (tertiary/aromatic N) is 2. The Bertz CT molecular complexity index is 846. The van der Waals surface area contributed by atoms with E-state index < -0.39 is 0 Å². The van der Waals surface area contributed by atoms with E-state index in [-0.39, 0.29) is 17.4 Å². The molecular formula is C16H12BrN3O3. The van der Waals surface area contributed by atoms with E-state index in [1.807, 2.05) is 6.07 Å². The second-order valence-corrected chi connectivity index (χ2v) is 5.65. The molecule has 0 aromatic heterocycles. The molecule has 2 N–H and O–H groups in total. The van der Waals surface area contributed by atoms with Crippen molar-refractivity contribution < 1.29 is 14.6 Å². The first-order valence-corrected chi connectivity index (χ1v) is 7.47. The third-order valence-electron chi connectivity index (χ3n) is 3.30. The number of nitrogens with one attached hydrogen (secondary N) is 1. The number of carbonyl (C=O) groups is 1. The van der Waals surface area contributed by atoms with E-state index in [2.05, 4.69) is 31.4 Å². The largest absolute Gasteiger partial charge is 0.504 e. The van der Waals surface area contributed by atoms with Crippen LogP contribution in [0, 0.1) is 0 Å². The average molecular weight is 374 g/mol. The van der Waals surface area contributed by atoms with Gasteiger partial charge in [-0.05, 0) is 30.3 Å². The quantitative estimate of drug-likeness (QED) is 0.640. The van der Waals surface area contributed by atoms with Gasteiger partial charge in [0.1, 0.15) is 0 Å². The van der Waals surface area contributed by atoms with Crippen LogP contribution in [0.4, 0.5) is 5.69 Å². The molecule has 0 radical (unpaired) electrons. The molecule has 1 aliphatic heterocycles. The Morgan fingerprint density at radius 3 is 2.91 bits per heavy atom. The number of phenols is 1. The van der Waals surface area contributed by atoms with Crippen LogP contribution < -0.4 is 10.1 Å². The van der Waals surface area contributed by atoms with Crippen molar-refractivity contribution in [3.8, 4) is 11.5 Å². The molecule has 23 heavy (non-hydrogen) atoms. The molecule has 0 spiro atoms. The number of fused-ring (bicyclic) bond motifs is 1. The number of amides is 1. The fraction of sp³-hybridized carbons (Fsp3) is 0.0625. The Morgan fingerprint density at radius 1 is 1.30 bits per heavy atom. The van der Waals surface area contributed by atoms with Gasteiger partial charge in [0.15, 0.2) is 17.2 Å². The first kappa shape index (κ1) is 15.2. The number of aromatic hydroxyl groups is 1. The fourth-order valence-electron chi connectivity index (χ4n) is 2.18. The fourth-order valence-corrected chi connectivity index (χ4v) is 2.54. The second-order valence-electron chi connectivity index (χ2n) is 4.74. The number of benzene rings is 2. The smallest absolute Gasteiger partial charge is 0.276 e. The van der Waals surface area contributed by atoms with Gasteiger partial charge in [-0.25, -0.2) is 0 Å². The minimum Gasteiger partial charge on any atom is -0.504 e. The van der Waals surface area contributed by atoms with Gasteiger partial charge in [-0.2, -0.15) is 5.10 Å². The molecule has 0 atom stereocenters. The van der Waals surface area contributed by atoms with E-state index >= 15 is 0 Å². The van der Waals surface area contributed by atoms with E-state index in [9.17, 15) is 9.90 Å². The maximum Gasteiger partial charge on any atom is 0.276 e. The lowest BCUT2D eigenvalue weighted by molar-refractivity contribution is -0.110. The number of phenolic OH excluding ortho intramolecular Hbond substituents is 1. The predicted octanol–water partition coefficient (Wildman–Crippen LogP) is 2.94. The number of rotatable bonds is 3. The van der Waals surface area contributed by atoms with E-state index in [0.29, 0.717) is 22.6 Å². The van der Waals surface area contributed by atoms with Gasteiger partial charge in [0, 0.05) is 15.6 Å². The highest BCUT2D eigenvalue weighted by Gasteiger charge is 2.26. The molecule has 0 aliphatic carbocycles. The Balaban J connectivity index is 1.92. The third-order valence-corrected chi connectivity index (χ3v) is 3.80. The average Bonchev–Trinajstić information content (AvgIpc) is 2.84. The zero-order valence-electron chi connectivity index (χ0n) is 12.1. The van der Waals surface area contributed by atoms with Gasteiger partial charge >= 0.3 is 0 Å². The molecule has 0 unspecified atom stereocenters. The van der Waals surface area contributed by atoms with Crippen LogP contribution >= 0.6 is 15.9 Å². The number of anilines is 1. The van der Waals surface area contributed by atoms with Gasteiger partial charge in [-0.15, -0.1) is 5.10 Å². The van der Waals surface area contributed by atoms with Crippen molar-refractivity contribution in [3.63, 3.8) is 0 Å². The second kappa shape index (κ2) is 6.21. The van der Waals surface area contributed by atoms with Gasteiger partial charge in [0.05, 0.1) is 19.0 Å². The molecule has 0 fully saturated rings. The molecule has 6 nitrogen and oxygen atoms in total. The van der Waals surface area contributed by atoms with Crippen LogP contribution in [-0.2, 0) is 4.79 Å². The first-order chi connectivity index (χ1) is 11.1. The monoisotopic (exact) mass is 373 g/mol. The molecule has 1 heterocycles. The normalized spacial score (nSPS) is 15.0. The van der Waals surface area contributed by atoms with Crippen molar-refractivity contribution in [2.45, 2.75) is 0 Å². The molecule has 3 rings (SSSR count). The zero-order chi connectivity index (χ0) is 16.4. The molecule has 116 valence electrons. The highest BCUT2D eigenvalue weighted by molar-refractivity contribution is 9.10. The summed E-state index contributed by atoms with van der Waals surface area (Å²) in [5.41, 5.74) is 2.04. The van der Waals surface area contributed by atoms with Crippen molar-refractivity contribution in [1.82, 2.24) is 0 Å². The Morgan fingerprint density at radius 2 is 2.13 bits per heavy atom. The van der Waals surface area contributed by atoms with Crippen LogP contribution in [0.25, 0.3) is 0 Å². The maximum atomic E-state index is 12.0. The van der Waals surface area contributed by atoms with Gasteiger partial charge in [0.2, 0.25) is 0 Å². The van der Waals surface area contributed by atoms with Crippen LogP contribution in [0.1, 0.15) is 11.1 Å². The lowest BCUT2D eigenvalue weighted by atomic mass is 10.1. The zero-order valence-corrected chi connectivity index (χ0v) is 13.7. The topological polar surface area (TPSA) is 83.3 Å². The summed E-state index contributed by atoms with van der Waals surface area (Å²) in [6.07, 6.45) is 1.37. The molecular weight excluding hydrogens is 362 g/mol.